The molecule has 9 aromatic carbocycles. The van der Waals surface area contributed by atoms with Crippen molar-refractivity contribution >= 4 is 135 Å². The Balaban J connectivity index is 0.000000318. The molecule has 32 heteroatoms. The minimum atomic E-state index is -0.725. The molecule has 0 spiro atoms. The summed E-state index contributed by atoms with van der Waals surface area (Å²) in [5.41, 5.74) is 19.2. The second kappa shape index (κ2) is 53.4. The lowest BCUT2D eigenvalue weighted by atomic mass is 10.1. The predicted molar refractivity (Wildman–Crippen MR) is 514 cm³/mol. The Kier molecular flexibility index (Phi) is 44.0. The molecule has 0 aliphatic rings. The van der Waals surface area contributed by atoms with E-state index in [1.54, 1.807) is 217 Å². The zero-order valence-electron chi connectivity index (χ0n) is 77.7. The lowest BCUT2D eigenvalue weighted by molar-refractivity contribution is -0.120. The van der Waals surface area contributed by atoms with Crippen LogP contribution in [0.2, 0.25) is 0 Å². The summed E-state index contributed by atoms with van der Waals surface area (Å²) in [6.45, 7) is 39.4. The van der Waals surface area contributed by atoms with Gasteiger partial charge in [-0.15, -0.1) is 23.2 Å². The van der Waals surface area contributed by atoms with Crippen LogP contribution in [0.25, 0.3) is 0 Å². The molecule has 0 unspecified atom stereocenters. The second-order valence-electron chi connectivity index (χ2n) is 32.6. The van der Waals surface area contributed by atoms with Crippen LogP contribution in [0.15, 0.2) is 200 Å². The zero-order valence-corrected chi connectivity index (χ0v) is 79.2. The normalized spacial score (nSPS) is 10.8. The highest BCUT2D eigenvalue weighted by molar-refractivity contribution is 6.40. The fourth-order valence-electron chi connectivity index (χ4n) is 11.9. The van der Waals surface area contributed by atoms with Gasteiger partial charge in [-0.3, -0.25) is 26.1 Å². The second-order valence-corrected chi connectivity index (χ2v) is 33.4. The molecule has 704 valence electrons. The summed E-state index contributed by atoms with van der Waals surface area (Å²) in [5.74, 6) is -1.01. The van der Waals surface area contributed by atoms with Crippen LogP contribution in [0, 0.1) is 0 Å². The van der Waals surface area contributed by atoms with Crippen molar-refractivity contribution in [1.29, 1.82) is 0 Å². The lowest BCUT2D eigenvalue weighted by Crippen LogP contribution is -2.28. The zero-order chi connectivity index (χ0) is 97.2. The van der Waals surface area contributed by atoms with Crippen LogP contribution in [0.1, 0.15) is 193 Å². The maximum absolute atomic E-state index is 12.8. The fraction of sp³-hybridized carbons (Fsp3) is 0.354. The Hall–Kier alpha value is -13.6. The number of amides is 4. The van der Waals surface area contributed by atoms with Gasteiger partial charge in [-0.2, -0.15) is 0 Å². The molecular weight excluding hydrogens is 1720 g/mol. The summed E-state index contributed by atoms with van der Waals surface area (Å²) in [7, 11) is 0. The number of aliphatic hydroxyl groups excluding tert-OH is 1. The Morgan fingerprint density at radius 3 is 0.908 bits per heavy atom. The fourth-order valence-corrected chi connectivity index (χ4v) is 11.9. The number of ether oxygens (including phenoxy) is 10. The molecule has 0 atom stereocenters. The number of nitrogens with two attached hydrogens (primary N) is 2. The molecule has 0 fully saturated rings. The number of nitrogens with zero attached hydrogens (tertiary/aromatic N) is 3. The average Bonchev–Trinajstić information content (AvgIpc) is 0.834. The standard InChI is InChI=1S/C36H45N3O8.C26H29N3O4.C18H28N2O5.C18H19NO4.CH2Cl2/c1-9-39(10-2)28-17-12-26(13-18-28)32(41)45-29-19-14-25(15-20-29)31(40)44-22-21-24-11-16-27(37-33(42)46-35(3,4)5)23-30(24)38-34(43)47-36(6,7)8;1-3-29(4-2)22-11-6-20(7-12-22)26(31)33-23-13-8-19(9-14-23)25(30)32-16-15-18-5-10-21(27)17-24(18)28;1-17(2,3)24-15(22)19-13-8-7-12(9-10-21)14(11-13)20-16(23)25-18(4,5)6;1-3-19(4-2)15-7-5-14(6-8-15)18(21)23-17-11-9-16(10-12-17)22-13-20;2-1-3/h11-20,23H,9-10,21-22H2,1-8H3,(H,37,42)(H,38,43);5-14,17H,3-4,15-16,27-28H2,1-2H3;7-8,11,21H,9-10H2,1-6H3,(H,19,22)(H,20,23);5-13H,3-4H2,1-2H3;1H2. The number of carbonyl (C=O) groups is 10. The quantitative estimate of drug-likeness (QED) is 0.00530. The van der Waals surface area contributed by atoms with Gasteiger partial charge in [0.15, 0.2) is 0 Å². The Morgan fingerprint density at radius 1 is 0.351 bits per heavy atom. The Bertz CT molecular complexity index is 5160. The van der Waals surface area contributed by atoms with Crippen LogP contribution in [0.3, 0.4) is 0 Å². The van der Waals surface area contributed by atoms with Gasteiger partial charge in [-0.05, 0) is 330 Å². The topological polar surface area (TPSA) is 393 Å². The third kappa shape index (κ3) is 39.9. The van der Waals surface area contributed by atoms with Crippen molar-refractivity contribution in [3.8, 4) is 23.0 Å². The van der Waals surface area contributed by atoms with E-state index in [0.29, 0.717) is 98.5 Å². The van der Waals surface area contributed by atoms with Crippen molar-refractivity contribution in [3.63, 3.8) is 0 Å². The summed E-state index contributed by atoms with van der Waals surface area (Å²) in [5, 5.41) is 20.0. The molecule has 30 nitrogen and oxygen atoms in total. The third-order valence-corrected chi connectivity index (χ3v) is 18.1. The molecule has 0 radical (unpaired) electrons. The summed E-state index contributed by atoms with van der Waals surface area (Å²) in [4.78, 5) is 128. The van der Waals surface area contributed by atoms with Crippen molar-refractivity contribution in [2.24, 2.45) is 0 Å². The van der Waals surface area contributed by atoms with E-state index in [9.17, 15) is 53.1 Å². The highest BCUT2D eigenvalue weighted by atomic mass is 35.5. The average molecular weight is 1850 g/mol. The molecule has 0 aliphatic heterocycles. The number of alkyl halides is 2. The third-order valence-electron chi connectivity index (χ3n) is 18.1. The number of rotatable bonds is 31. The summed E-state index contributed by atoms with van der Waals surface area (Å²) in [6, 6.07) is 55.6. The molecular formula is C99H123Cl2N9O21. The van der Waals surface area contributed by atoms with Gasteiger partial charge in [0, 0.05) is 110 Å². The first kappa shape index (κ1) is 108. The number of esters is 5. The summed E-state index contributed by atoms with van der Waals surface area (Å²) in [6.07, 6.45) is -1.42. The first-order valence-electron chi connectivity index (χ1n) is 42.5. The van der Waals surface area contributed by atoms with Gasteiger partial charge >= 0.3 is 54.2 Å². The van der Waals surface area contributed by atoms with Gasteiger partial charge < -0.3 is 78.6 Å². The van der Waals surface area contributed by atoms with Crippen molar-refractivity contribution in [2.75, 3.05) is 112 Å². The predicted octanol–water partition coefficient (Wildman–Crippen LogP) is 20.8. The van der Waals surface area contributed by atoms with Crippen LogP contribution in [0.4, 0.5) is 70.4 Å². The molecule has 9 rings (SSSR count). The molecule has 0 saturated heterocycles. The number of hydrogen-bond acceptors (Lipinski definition) is 26. The van der Waals surface area contributed by atoms with E-state index in [4.69, 9.17) is 77.3 Å². The van der Waals surface area contributed by atoms with Crippen LogP contribution in [-0.4, -0.2) is 153 Å². The number of nitrogens with one attached hydrogen (secondary N) is 4. The first-order chi connectivity index (χ1) is 61.9. The number of nitrogen functional groups attached to an aromatic ring is 2. The van der Waals surface area contributed by atoms with E-state index >= 15 is 0 Å². The Labute approximate surface area is 777 Å². The maximum Gasteiger partial charge on any atom is 0.412 e. The van der Waals surface area contributed by atoms with Crippen molar-refractivity contribution in [2.45, 2.75) is 166 Å². The minimum absolute atomic E-state index is 0.000889. The van der Waals surface area contributed by atoms with E-state index in [1.165, 1.54) is 24.3 Å². The number of aliphatic hydroxyl groups is 1. The molecule has 0 bridgehead atoms. The summed E-state index contributed by atoms with van der Waals surface area (Å²) < 4.78 is 52.8. The van der Waals surface area contributed by atoms with Gasteiger partial charge in [0.2, 0.25) is 0 Å². The number of benzene rings is 9. The SMILES string of the molecule is CC(C)(C)OC(=O)Nc1ccc(CCO)c(NC(=O)OC(C)(C)C)c1.CCN(CC)c1ccc(C(=O)Oc2ccc(C(=O)OCCc3ccc(N)cc3N)cc2)cc1.CCN(CC)c1ccc(C(=O)Oc2ccc(C(=O)OCCc3ccc(NC(=O)OC(C)(C)C)cc3NC(=O)OC(C)(C)C)cc2)cc1.CCN(CC)c1ccc(C(=O)Oc2ccc(OC=O)cc2)cc1.ClCCl. The van der Waals surface area contributed by atoms with Gasteiger partial charge in [0.1, 0.15) is 45.4 Å². The largest absolute Gasteiger partial charge is 0.462 e. The smallest absolute Gasteiger partial charge is 0.412 e. The molecule has 0 heterocycles. The maximum atomic E-state index is 12.8. The monoisotopic (exact) mass is 1840 g/mol. The van der Waals surface area contributed by atoms with E-state index in [-0.39, 0.29) is 42.9 Å². The molecule has 9 N–H and O–H groups in total. The van der Waals surface area contributed by atoms with Crippen molar-refractivity contribution in [3.05, 3.63) is 245 Å². The molecule has 0 aliphatic carbocycles. The van der Waals surface area contributed by atoms with Crippen LogP contribution in [0.5, 0.6) is 23.0 Å². The number of halogens is 2. The lowest BCUT2D eigenvalue weighted by Gasteiger charge is -2.21. The van der Waals surface area contributed by atoms with Gasteiger partial charge in [0.25, 0.3) is 6.47 Å². The number of anilines is 9. The van der Waals surface area contributed by atoms with E-state index in [2.05, 4.69) is 82.2 Å². The summed E-state index contributed by atoms with van der Waals surface area (Å²) >= 11 is 9.53. The molecule has 4 amide bonds. The minimum Gasteiger partial charge on any atom is -0.462 e. The highest BCUT2D eigenvalue weighted by Crippen LogP contribution is 2.29. The van der Waals surface area contributed by atoms with Crippen LogP contribution >= 0.6 is 23.2 Å². The Morgan fingerprint density at radius 2 is 0.618 bits per heavy atom. The molecule has 9 aromatic rings. The number of hydrogen-bond donors (Lipinski definition) is 7. The highest BCUT2D eigenvalue weighted by Gasteiger charge is 2.24. The molecule has 131 heavy (non-hydrogen) atoms. The molecule has 0 saturated carbocycles. The van der Waals surface area contributed by atoms with Crippen LogP contribution in [-0.2, 0) is 52.5 Å². The van der Waals surface area contributed by atoms with Crippen LogP contribution < -0.4 is 66.4 Å². The van der Waals surface area contributed by atoms with E-state index in [1.807, 2.05) is 42.5 Å². The van der Waals surface area contributed by atoms with Crippen molar-refractivity contribution < 1.29 is 100 Å². The van der Waals surface area contributed by atoms with E-state index in [0.717, 1.165) is 67.5 Å². The van der Waals surface area contributed by atoms with Gasteiger partial charge in [-0.25, -0.2) is 43.2 Å². The molecule has 0 aromatic heterocycles. The number of carbonyl (C=O) groups excluding carboxylic acids is 10. The van der Waals surface area contributed by atoms with E-state index < -0.39 is 76.6 Å². The first-order valence-corrected chi connectivity index (χ1v) is 43.6. The van der Waals surface area contributed by atoms with Gasteiger partial charge in [-0.1, -0.05) is 18.2 Å². The van der Waals surface area contributed by atoms with Gasteiger partial charge in [0.05, 0.1) is 46.4 Å². The van der Waals surface area contributed by atoms with Crippen molar-refractivity contribution in [1.82, 2.24) is 0 Å².